The van der Waals surface area contributed by atoms with E-state index >= 15 is 0 Å². The van der Waals surface area contributed by atoms with Gasteiger partial charge in [-0.25, -0.2) is 9.97 Å². The Morgan fingerprint density at radius 3 is 2.29 bits per heavy atom. The standard InChI is InChI=1S/C11H13N5S/c12-8-4-2-1-3-7(8)6-17-11-15-9(13)5-10(14)16-11/h1-5H,6,12H2,(H4,13,14,15,16). The number of thioether (sulfide) groups is 1. The monoisotopic (exact) mass is 247 g/mol. The van der Waals surface area contributed by atoms with E-state index in [9.17, 15) is 0 Å². The molecule has 0 aliphatic rings. The Morgan fingerprint density at radius 1 is 1.00 bits per heavy atom. The fraction of sp³-hybridized carbons (Fsp3) is 0.0909. The molecular formula is C11H13N5S. The Balaban J connectivity index is 2.10. The molecule has 6 heteroatoms. The molecule has 0 aliphatic carbocycles. The van der Waals surface area contributed by atoms with Crippen molar-refractivity contribution in [2.45, 2.75) is 10.9 Å². The van der Waals surface area contributed by atoms with E-state index in [0.717, 1.165) is 11.3 Å². The zero-order chi connectivity index (χ0) is 12.3. The number of aromatic nitrogens is 2. The average Bonchev–Trinajstić information content (AvgIpc) is 2.27. The van der Waals surface area contributed by atoms with Crippen molar-refractivity contribution in [3.8, 4) is 0 Å². The second-order valence-electron chi connectivity index (χ2n) is 3.49. The first-order chi connectivity index (χ1) is 8.15. The zero-order valence-electron chi connectivity index (χ0n) is 9.13. The highest BCUT2D eigenvalue weighted by molar-refractivity contribution is 7.98. The summed E-state index contributed by atoms with van der Waals surface area (Å²) < 4.78 is 0. The maximum absolute atomic E-state index is 5.84. The van der Waals surface area contributed by atoms with Crippen molar-refractivity contribution < 1.29 is 0 Å². The van der Waals surface area contributed by atoms with Crippen LogP contribution >= 0.6 is 11.8 Å². The molecule has 0 radical (unpaired) electrons. The highest BCUT2D eigenvalue weighted by atomic mass is 32.2. The summed E-state index contributed by atoms with van der Waals surface area (Å²) in [5.74, 6) is 1.44. The third-order valence-electron chi connectivity index (χ3n) is 2.16. The molecule has 0 unspecified atom stereocenters. The average molecular weight is 247 g/mol. The number of hydrogen-bond donors (Lipinski definition) is 3. The van der Waals surface area contributed by atoms with Crippen molar-refractivity contribution in [1.29, 1.82) is 0 Å². The Bertz CT molecular complexity index is 509. The quantitative estimate of drug-likeness (QED) is 0.431. The lowest BCUT2D eigenvalue weighted by molar-refractivity contribution is 0.984. The lowest BCUT2D eigenvalue weighted by Gasteiger charge is -2.05. The molecule has 0 atom stereocenters. The minimum Gasteiger partial charge on any atom is -0.398 e. The molecule has 0 aliphatic heterocycles. The molecule has 6 N–H and O–H groups in total. The van der Waals surface area contributed by atoms with E-state index in [1.807, 2.05) is 24.3 Å². The van der Waals surface area contributed by atoms with Crippen molar-refractivity contribution >= 4 is 29.1 Å². The molecule has 1 heterocycles. The molecule has 1 aromatic carbocycles. The van der Waals surface area contributed by atoms with Gasteiger partial charge in [0.2, 0.25) is 0 Å². The van der Waals surface area contributed by atoms with Crippen LogP contribution in [-0.4, -0.2) is 9.97 Å². The largest absolute Gasteiger partial charge is 0.398 e. The SMILES string of the molecule is Nc1cc(N)nc(SCc2ccccc2N)n1. The predicted molar refractivity (Wildman–Crippen MR) is 71.3 cm³/mol. The topological polar surface area (TPSA) is 104 Å². The van der Waals surface area contributed by atoms with Crippen molar-refractivity contribution in [2.75, 3.05) is 17.2 Å². The van der Waals surface area contributed by atoms with Crippen LogP contribution in [-0.2, 0) is 5.75 Å². The Hall–Kier alpha value is -1.95. The smallest absolute Gasteiger partial charge is 0.191 e. The van der Waals surface area contributed by atoms with Crippen LogP contribution in [0.2, 0.25) is 0 Å². The van der Waals surface area contributed by atoms with Crippen LogP contribution < -0.4 is 17.2 Å². The summed E-state index contributed by atoms with van der Waals surface area (Å²) >= 11 is 1.45. The molecule has 17 heavy (non-hydrogen) atoms. The van der Waals surface area contributed by atoms with Gasteiger partial charge in [0.05, 0.1) is 0 Å². The molecule has 5 nitrogen and oxygen atoms in total. The van der Waals surface area contributed by atoms with E-state index in [0.29, 0.717) is 22.5 Å². The van der Waals surface area contributed by atoms with E-state index in [-0.39, 0.29) is 0 Å². The molecule has 0 amide bonds. The van der Waals surface area contributed by atoms with Crippen LogP contribution in [0.25, 0.3) is 0 Å². The van der Waals surface area contributed by atoms with Gasteiger partial charge in [0.25, 0.3) is 0 Å². The molecule has 1 aromatic heterocycles. The lowest BCUT2D eigenvalue weighted by Crippen LogP contribution is -1.99. The summed E-state index contributed by atoms with van der Waals surface area (Å²) in [6, 6.07) is 9.21. The number of rotatable bonds is 3. The second kappa shape index (κ2) is 4.92. The van der Waals surface area contributed by atoms with Gasteiger partial charge in [0.1, 0.15) is 11.6 Å². The molecule has 0 bridgehead atoms. The third kappa shape index (κ3) is 3.01. The Morgan fingerprint density at radius 2 is 1.65 bits per heavy atom. The summed E-state index contributed by atoms with van der Waals surface area (Å²) in [4.78, 5) is 8.18. The van der Waals surface area contributed by atoms with Gasteiger partial charge in [-0.15, -0.1) is 0 Å². The molecule has 2 aromatic rings. The molecule has 0 saturated heterocycles. The number of anilines is 3. The van der Waals surface area contributed by atoms with Gasteiger partial charge < -0.3 is 17.2 Å². The number of para-hydroxylation sites is 1. The van der Waals surface area contributed by atoms with Crippen molar-refractivity contribution in [2.24, 2.45) is 0 Å². The summed E-state index contributed by atoms with van der Waals surface area (Å²) in [6.45, 7) is 0. The highest BCUT2D eigenvalue weighted by Crippen LogP contribution is 2.23. The highest BCUT2D eigenvalue weighted by Gasteiger charge is 2.03. The lowest BCUT2D eigenvalue weighted by atomic mass is 10.2. The van der Waals surface area contributed by atoms with Crippen LogP contribution in [0.3, 0.4) is 0 Å². The van der Waals surface area contributed by atoms with E-state index in [1.165, 1.54) is 17.8 Å². The summed E-state index contributed by atoms with van der Waals surface area (Å²) in [7, 11) is 0. The normalized spacial score (nSPS) is 10.4. The molecule has 88 valence electrons. The van der Waals surface area contributed by atoms with Crippen molar-refractivity contribution in [1.82, 2.24) is 9.97 Å². The van der Waals surface area contributed by atoms with E-state index in [1.54, 1.807) is 0 Å². The summed E-state index contributed by atoms with van der Waals surface area (Å²) in [5.41, 5.74) is 18.8. The van der Waals surface area contributed by atoms with Gasteiger partial charge >= 0.3 is 0 Å². The predicted octanol–water partition coefficient (Wildman–Crippen LogP) is 1.52. The minimum absolute atomic E-state index is 0.376. The van der Waals surface area contributed by atoms with Gasteiger partial charge in [0.15, 0.2) is 5.16 Å². The van der Waals surface area contributed by atoms with Crippen LogP contribution in [0, 0.1) is 0 Å². The second-order valence-corrected chi connectivity index (χ2v) is 4.43. The maximum atomic E-state index is 5.84. The van der Waals surface area contributed by atoms with E-state index in [2.05, 4.69) is 9.97 Å². The third-order valence-corrected chi connectivity index (χ3v) is 3.05. The molecular weight excluding hydrogens is 234 g/mol. The first-order valence-electron chi connectivity index (χ1n) is 5.01. The van der Waals surface area contributed by atoms with Gasteiger partial charge in [0, 0.05) is 17.5 Å². The molecule has 0 fully saturated rings. The first kappa shape index (κ1) is 11.5. The Labute approximate surface area is 103 Å². The van der Waals surface area contributed by atoms with Crippen LogP contribution in [0.4, 0.5) is 17.3 Å². The fourth-order valence-electron chi connectivity index (χ4n) is 1.33. The fourth-order valence-corrected chi connectivity index (χ4v) is 2.22. The van der Waals surface area contributed by atoms with Crippen molar-refractivity contribution in [3.05, 3.63) is 35.9 Å². The Kier molecular flexibility index (Phi) is 3.34. The number of nitrogens with zero attached hydrogens (tertiary/aromatic N) is 2. The molecule has 0 spiro atoms. The van der Waals surface area contributed by atoms with Crippen LogP contribution in [0.15, 0.2) is 35.5 Å². The number of nitrogens with two attached hydrogens (primary N) is 3. The van der Waals surface area contributed by atoms with Crippen molar-refractivity contribution in [3.63, 3.8) is 0 Å². The van der Waals surface area contributed by atoms with Gasteiger partial charge in [-0.1, -0.05) is 30.0 Å². The van der Waals surface area contributed by atoms with E-state index in [4.69, 9.17) is 17.2 Å². The van der Waals surface area contributed by atoms with E-state index < -0.39 is 0 Å². The van der Waals surface area contributed by atoms with Gasteiger partial charge in [-0.05, 0) is 11.6 Å². The summed E-state index contributed by atoms with van der Waals surface area (Å²) in [6.07, 6.45) is 0. The van der Waals surface area contributed by atoms with Gasteiger partial charge in [-0.3, -0.25) is 0 Å². The van der Waals surface area contributed by atoms with Gasteiger partial charge in [-0.2, -0.15) is 0 Å². The maximum Gasteiger partial charge on any atom is 0.191 e. The van der Waals surface area contributed by atoms with Crippen LogP contribution in [0.5, 0.6) is 0 Å². The zero-order valence-corrected chi connectivity index (χ0v) is 9.95. The number of benzene rings is 1. The first-order valence-corrected chi connectivity index (χ1v) is 6.00. The number of hydrogen-bond acceptors (Lipinski definition) is 6. The molecule has 2 rings (SSSR count). The van der Waals surface area contributed by atoms with Crippen LogP contribution in [0.1, 0.15) is 5.56 Å². The number of nitrogen functional groups attached to an aromatic ring is 3. The summed E-state index contributed by atoms with van der Waals surface area (Å²) in [5, 5.41) is 0.561. The minimum atomic E-state index is 0.376. The molecule has 0 saturated carbocycles.